The highest BCUT2D eigenvalue weighted by Crippen LogP contribution is 2.43. The van der Waals surface area contributed by atoms with Crippen LogP contribution in [0, 0.1) is 0 Å². The van der Waals surface area contributed by atoms with Crippen LogP contribution >= 0.6 is 0 Å². The van der Waals surface area contributed by atoms with Crippen LogP contribution in [-0.2, 0) is 0 Å². The molecule has 2 nitrogen and oxygen atoms in total. The maximum absolute atomic E-state index is 2.43. The molecular weight excluding hydrogens is 749 g/mol. The Balaban J connectivity index is 1.10. The van der Waals surface area contributed by atoms with Gasteiger partial charge in [-0.15, -0.1) is 0 Å². The average molecular weight is 791 g/mol. The van der Waals surface area contributed by atoms with Crippen LogP contribution in [-0.4, -0.2) is 4.57 Å². The van der Waals surface area contributed by atoms with E-state index in [2.05, 4.69) is 264 Å². The van der Waals surface area contributed by atoms with Gasteiger partial charge in [0.25, 0.3) is 0 Å². The van der Waals surface area contributed by atoms with Gasteiger partial charge >= 0.3 is 0 Å². The number of anilines is 3. The number of nitrogens with zero attached hydrogens (tertiary/aromatic N) is 2. The van der Waals surface area contributed by atoms with Crippen LogP contribution in [0.5, 0.6) is 0 Å². The molecule has 0 spiro atoms. The highest BCUT2D eigenvalue weighted by atomic mass is 15.1. The zero-order valence-corrected chi connectivity index (χ0v) is 34.1. The minimum atomic E-state index is 1.07. The number of aromatic nitrogens is 1. The zero-order valence-electron chi connectivity index (χ0n) is 34.1. The first-order valence-corrected chi connectivity index (χ1v) is 21.2. The van der Waals surface area contributed by atoms with Crippen molar-refractivity contribution in [3.05, 3.63) is 255 Å². The lowest BCUT2D eigenvalue weighted by Gasteiger charge is -2.28. The fraction of sp³-hybridized carbons (Fsp3) is 0. The van der Waals surface area contributed by atoms with E-state index < -0.39 is 0 Å². The fourth-order valence-electron chi connectivity index (χ4n) is 8.93. The van der Waals surface area contributed by atoms with Crippen molar-refractivity contribution in [3.8, 4) is 61.3 Å². The maximum Gasteiger partial charge on any atom is 0.0541 e. The van der Waals surface area contributed by atoms with E-state index in [9.17, 15) is 0 Å². The Bertz CT molecular complexity index is 3060. The van der Waals surface area contributed by atoms with Crippen LogP contribution in [0.3, 0.4) is 0 Å². The summed E-state index contributed by atoms with van der Waals surface area (Å²) >= 11 is 0. The van der Waals surface area contributed by atoms with Crippen molar-refractivity contribution in [3.63, 3.8) is 0 Å². The first-order chi connectivity index (χ1) is 30.7. The second kappa shape index (κ2) is 16.1. The van der Waals surface area contributed by atoms with Crippen molar-refractivity contribution < 1.29 is 0 Å². The third-order valence-electron chi connectivity index (χ3n) is 11.9. The Kier molecular flexibility index (Phi) is 9.57. The molecule has 0 unspecified atom stereocenters. The minimum Gasteiger partial charge on any atom is -0.310 e. The van der Waals surface area contributed by atoms with Crippen molar-refractivity contribution in [2.45, 2.75) is 0 Å². The third kappa shape index (κ3) is 7.04. The van der Waals surface area contributed by atoms with Gasteiger partial charge in [0.2, 0.25) is 0 Å². The Labute approximate surface area is 362 Å². The zero-order chi connectivity index (χ0) is 41.2. The highest BCUT2D eigenvalue weighted by molar-refractivity contribution is 6.10. The molecule has 11 aromatic rings. The molecule has 0 radical (unpaired) electrons. The molecule has 0 amide bonds. The molecule has 0 saturated heterocycles. The molecule has 1 aromatic heterocycles. The van der Waals surface area contributed by atoms with Gasteiger partial charge < -0.3 is 9.47 Å². The van der Waals surface area contributed by atoms with Gasteiger partial charge in [-0.1, -0.05) is 176 Å². The Hall–Kier alpha value is -8.20. The van der Waals surface area contributed by atoms with E-state index >= 15 is 0 Å². The number of fused-ring (bicyclic) bond motifs is 3. The van der Waals surface area contributed by atoms with Gasteiger partial charge in [-0.05, 0) is 134 Å². The summed E-state index contributed by atoms with van der Waals surface area (Å²) in [6, 6.07) is 92.2. The molecule has 0 aliphatic heterocycles. The summed E-state index contributed by atoms with van der Waals surface area (Å²) in [5, 5.41) is 2.49. The van der Waals surface area contributed by atoms with Crippen LogP contribution in [0.25, 0.3) is 83.1 Å². The summed E-state index contributed by atoms with van der Waals surface area (Å²) in [6.07, 6.45) is 0. The normalized spacial score (nSPS) is 11.2. The number of hydrogen-bond donors (Lipinski definition) is 0. The van der Waals surface area contributed by atoms with Crippen LogP contribution < -0.4 is 4.90 Å². The third-order valence-corrected chi connectivity index (χ3v) is 11.9. The van der Waals surface area contributed by atoms with Crippen LogP contribution in [0.2, 0.25) is 0 Å². The summed E-state index contributed by atoms with van der Waals surface area (Å²) in [6.45, 7) is 0. The Morgan fingerprint density at radius 2 is 0.597 bits per heavy atom. The van der Waals surface area contributed by atoms with Gasteiger partial charge in [-0.3, -0.25) is 0 Å². The van der Waals surface area contributed by atoms with E-state index in [-0.39, 0.29) is 0 Å². The molecule has 2 heteroatoms. The average Bonchev–Trinajstić information content (AvgIpc) is 3.69. The molecule has 0 N–H and O–H groups in total. The molecule has 10 aromatic carbocycles. The van der Waals surface area contributed by atoms with E-state index in [0.717, 1.165) is 50.6 Å². The summed E-state index contributed by atoms with van der Waals surface area (Å²) in [5.41, 5.74) is 18.5. The SMILES string of the molecule is c1ccc(-c2cc(-c3ccccc3)cc(N(c3ccc(-c4ccc5c(c4)c4ccccc4n5-c4ccccc4)cc3)c3cc(-c4ccccc4)cc(-c4ccccc4)c3)c2)cc1. The minimum absolute atomic E-state index is 1.07. The largest absolute Gasteiger partial charge is 0.310 e. The van der Waals surface area contributed by atoms with E-state index in [1.165, 1.54) is 49.6 Å². The number of hydrogen-bond acceptors (Lipinski definition) is 1. The second-order valence-electron chi connectivity index (χ2n) is 15.8. The molecule has 1 heterocycles. The first kappa shape index (κ1) is 36.8. The Morgan fingerprint density at radius 3 is 1.06 bits per heavy atom. The van der Waals surface area contributed by atoms with E-state index in [4.69, 9.17) is 0 Å². The van der Waals surface area contributed by atoms with Gasteiger partial charge in [0.1, 0.15) is 0 Å². The van der Waals surface area contributed by atoms with Gasteiger partial charge in [-0.25, -0.2) is 0 Å². The molecule has 0 bridgehead atoms. The second-order valence-corrected chi connectivity index (χ2v) is 15.8. The van der Waals surface area contributed by atoms with Crippen molar-refractivity contribution in [1.82, 2.24) is 4.57 Å². The molecule has 11 rings (SSSR count). The van der Waals surface area contributed by atoms with Gasteiger partial charge in [0.05, 0.1) is 11.0 Å². The summed E-state index contributed by atoms with van der Waals surface area (Å²) in [4.78, 5) is 2.43. The highest BCUT2D eigenvalue weighted by Gasteiger charge is 2.19. The van der Waals surface area contributed by atoms with E-state index in [1.54, 1.807) is 0 Å². The van der Waals surface area contributed by atoms with Crippen molar-refractivity contribution in [1.29, 1.82) is 0 Å². The fourth-order valence-corrected chi connectivity index (χ4v) is 8.93. The standard InChI is InChI=1S/C60H42N2/c1-6-18-43(19-7-1)49-36-50(44-20-8-2-9-21-44)39-55(38-49)61(56-40-51(45-22-10-3-11-23-45)37-52(41-56)46-24-12-4-13-25-46)54-33-30-47(31-34-54)48-32-35-60-58(42-48)57-28-16-17-29-59(57)62(60)53-26-14-5-15-27-53/h1-42H. The summed E-state index contributed by atoms with van der Waals surface area (Å²) in [5.74, 6) is 0. The molecule has 0 aliphatic carbocycles. The lowest BCUT2D eigenvalue weighted by molar-refractivity contribution is 1.18. The monoisotopic (exact) mass is 790 g/mol. The predicted molar refractivity (Wildman–Crippen MR) is 263 cm³/mol. The van der Waals surface area contributed by atoms with Crippen molar-refractivity contribution in [2.75, 3.05) is 4.90 Å². The lowest BCUT2D eigenvalue weighted by Crippen LogP contribution is -2.11. The first-order valence-electron chi connectivity index (χ1n) is 21.2. The van der Waals surface area contributed by atoms with Crippen LogP contribution in [0.15, 0.2) is 255 Å². The predicted octanol–water partition coefficient (Wildman–Crippen LogP) is 16.6. The summed E-state index contributed by atoms with van der Waals surface area (Å²) < 4.78 is 2.37. The summed E-state index contributed by atoms with van der Waals surface area (Å²) in [7, 11) is 0. The molecule has 62 heavy (non-hydrogen) atoms. The van der Waals surface area contributed by atoms with Crippen molar-refractivity contribution in [2.24, 2.45) is 0 Å². The number of benzene rings is 10. The molecule has 292 valence electrons. The van der Waals surface area contributed by atoms with Crippen LogP contribution in [0.1, 0.15) is 0 Å². The molecule has 0 atom stereocenters. The molecule has 0 saturated carbocycles. The van der Waals surface area contributed by atoms with E-state index in [1.807, 2.05) is 0 Å². The van der Waals surface area contributed by atoms with E-state index in [0.29, 0.717) is 0 Å². The molecule has 0 fully saturated rings. The smallest absolute Gasteiger partial charge is 0.0541 e. The molecule has 0 aliphatic rings. The topological polar surface area (TPSA) is 8.17 Å². The number of rotatable bonds is 9. The lowest BCUT2D eigenvalue weighted by atomic mass is 9.95. The maximum atomic E-state index is 2.43. The van der Waals surface area contributed by atoms with Gasteiger partial charge in [-0.2, -0.15) is 0 Å². The van der Waals surface area contributed by atoms with Gasteiger partial charge in [0.15, 0.2) is 0 Å². The van der Waals surface area contributed by atoms with Crippen molar-refractivity contribution >= 4 is 38.9 Å². The van der Waals surface area contributed by atoms with Gasteiger partial charge in [0, 0.05) is 33.5 Å². The number of para-hydroxylation sites is 2. The quantitative estimate of drug-likeness (QED) is 0.141. The Morgan fingerprint density at radius 1 is 0.226 bits per heavy atom. The van der Waals surface area contributed by atoms with Crippen LogP contribution in [0.4, 0.5) is 17.1 Å². The molecular formula is C60H42N2.